The first-order valence-electron chi connectivity index (χ1n) is 9.00. The third-order valence-electron chi connectivity index (χ3n) is 5.34. The summed E-state index contributed by atoms with van der Waals surface area (Å²) in [5.41, 5.74) is 1.07. The Bertz CT molecular complexity index is 562. The summed E-state index contributed by atoms with van der Waals surface area (Å²) in [6.45, 7) is 3.65. The fraction of sp³-hybridized carbons (Fsp3) is 0.667. The number of ether oxygens (including phenoxy) is 2. The second-order valence-electron chi connectivity index (χ2n) is 6.86. The van der Waals surface area contributed by atoms with Gasteiger partial charge in [0, 0.05) is 32.0 Å². The molecule has 0 aromatic carbocycles. The Morgan fingerprint density at radius 2 is 2.17 bits per heavy atom. The number of hydrogen-bond donors (Lipinski definition) is 0. The lowest BCUT2D eigenvalue weighted by molar-refractivity contribution is -0.108. The van der Waals surface area contributed by atoms with E-state index in [-0.39, 0.29) is 24.3 Å². The summed E-state index contributed by atoms with van der Waals surface area (Å²) in [7, 11) is 0. The highest BCUT2D eigenvalue weighted by atomic mass is 16.5. The Balaban J connectivity index is 1.38. The number of carbonyl (C=O) groups excluding carboxylic acids is 1. The summed E-state index contributed by atoms with van der Waals surface area (Å²) in [5.74, 6) is 0. The fourth-order valence-corrected chi connectivity index (χ4v) is 4.11. The van der Waals surface area contributed by atoms with Gasteiger partial charge >= 0.3 is 6.03 Å². The molecule has 6 nitrogen and oxygen atoms in total. The predicted molar refractivity (Wildman–Crippen MR) is 88.5 cm³/mol. The second kappa shape index (κ2) is 7.07. The number of nitrogens with zero attached hydrogens (tertiary/aromatic N) is 3. The number of likely N-dealkylation sites (tertiary alicyclic amines) is 1. The van der Waals surface area contributed by atoms with E-state index in [0.29, 0.717) is 19.8 Å². The molecule has 6 heteroatoms. The molecule has 0 radical (unpaired) electrons. The quantitative estimate of drug-likeness (QED) is 0.851. The molecule has 2 amide bonds. The molecule has 3 fully saturated rings. The molecule has 2 saturated heterocycles. The van der Waals surface area contributed by atoms with Gasteiger partial charge in [-0.15, -0.1) is 0 Å². The highest BCUT2D eigenvalue weighted by Crippen LogP contribution is 2.33. The van der Waals surface area contributed by atoms with Crippen molar-refractivity contribution in [2.45, 2.75) is 50.5 Å². The van der Waals surface area contributed by atoms with Gasteiger partial charge in [-0.05, 0) is 37.3 Å². The van der Waals surface area contributed by atoms with Crippen molar-refractivity contribution in [1.29, 1.82) is 0 Å². The van der Waals surface area contributed by atoms with Crippen molar-refractivity contribution in [3.63, 3.8) is 0 Å². The van der Waals surface area contributed by atoms with Crippen LogP contribution in [0.1, 0.15) is 31.2 Å². The van der Waals surface area contributed by atoms with Crippen molar-refractivity contribution < 1.29 is 14.3 Å². The van der Waals surface area contributed by atoms with Crippen LogP contribution in [-0.2, 0) is 16.1 Å². The van der Waals surface area contributed by atoms with E-state index in [0.717, 1.165) is 44.3 Å². The molecule has 3 heterocycles. The highest BCUT2D eigenvalue weighted by Gasteiger charge is 2.46. The summed E-state index contributed by atoms with van der Waals surface area (Å²) in [5, 5.41) is 0. The smallest absolute Gasteiger partial charge is 0.320 e. The lowest BCUT2D eigenvalue weighted by Gasteiger charge is -2.40. The molecule has 0 spiro atoms. The van der Waals surface area contributed by atoms with Gasteiger partial charge in [0.1, 0.15) is 6.10 Å². The summed E-state index contributed by atoms with van der Waals surface area (Å²) in [6, 6.07) is 4.29. The van der Waals surface area contributed by atoms with Gasteiger partial charge in [0.15, 0.2) is 0 Å². The Hall–Kier alpha value is -1.66. The number of hydrogen-bond acceptors (Lipinski definition) is 4. The molecule has 1 aromatic heterocycles. The van der Waals surface area contributed by atoms with E-state index in [1.165, 1.54) is 0 Å². The number of pyridine rings is 1. The first-order valence-corrected chi connectivity index (χ1v) is 9.00. The van der Waals surface area contributed by atoms with E-state index in [9.17, 15) is 4.79 Å². The topological polar surface area (TPSA) is 54.9 Å². The van der Waals surface area contributed by atoms with E-state index in [2.05, 4.69) is 4.98 Å². The van der Waals surface area contributed by atoms with Crippen LogP contribution in [0.5, 0.6) is 0 Å². The summed E-state index contributed by atoms with van der Waals surface area (Å²) < 4.78 is 12.1. The zero-order chi connectivity index (χ0) is 16.4. The zero-order valence-corrected chi connectivity index (χ0v) is 14.0. The molecular weight excluding hydrogens is 306 g/mol. The minimum atomic E-state index is 0.00183. The van der Waals surface area contributed by atoms with Crippen LogP contribution in [0.2, 0.25) is 0 Å². The second-order valence-corrected chi connectivity index (χ2v) is 6.86. The number of fused-ring (bicyclic) bond motifs is 1. The van der Waals surface area contributed by atoms with Gasteiger partial charge in [0.2, 0.25) is 0 Å². The molecule has 0 unspecified atom stereocenters. The van der Waals surface area contributed by atoms with Gasteiger partial charge in [0.05, 0.1) is 25.4 Å². The van der Waals surface area contributed by atoms with Crippen LogP contribution >= 0.6 is 0 Å². The third kappa shape index (κ3) is 3.13. The van der Waals surface area contributed by atoms with Gasteiger partial charge in [-0.2, -0.15) is 0 Å². The Morgan fingerprint density at radius 1 is 1.29 bits per heavy atom. The van der Waals surface area contributed by atoms with Crippen LogP contribution in [0.15, 0.2) is 24.5 Å². The number of urea groups is 1. The number of morpholine rings is 1. The molecule has 130 valence electrons. The molecule has 1 saturated carbocycles. The number of carbonyl (C=O) groups is 1. The fourth-order valence-electron chi connectivity index (χ4n) is 4.11. The van der Waals surface area contributed by atoms with Crippen molar-refractivity contribution in [3.8, 4) is 0 Å². The minimum absolute atomic E-state index is 0.00183. The standard InChI is InChI=1S/C18H25N3O3/c22-18(20-8-1-2-9-20)21-10-11-23-17-15(21)5-6-16(17)24-13-14-4-3-7-19-12-14/h3-4,7,12,15-17H,1-2,5-6,8-11,13H2/t15-,16-,17+/m0/s1. The largest absolute Gasteiger partial charge is 0.372 e. The maximum Gasteiger partial charge on any atom is 0.320 e. The van der Waals surface area contributed by atoms with Gasteiger partial charge in [-0.1, -0.05) is 6.07 Å². The van der Waals surface area contributed by atoms with Crippen LogP contribution in [-0.4, -0.2) is 65.3 Å². The average Bonchev–Trinajstić information content (AvgIpc) is 3.30. The molecule has 3 atom stereocenters. The highest BCUT2D eigenvalue weighted by molar-refractivity contribution is 5.75. The lowest BCUT2D eigenvalue weighted by Crippen LogP contribution is -2.56. The molecular formula is C18H25N3O3. The first kappa shape index (κ1) is 15.8. The number of rotatable bonds is 3. The van der Waals surface area contributed by atoms with Crippen LogP contribution < -0.4 is 0 Å². The molecule has 3 aliphatic rings. The summed E-state index contributed by atoms with van der Waals surface area (Å²) in [6.07, 6.45) is 7.81. The first-order chi connectivity index (χ1) is 11.8. The summed E-state index contributed by atoms with van der Waals surface area (Å²) in [4.78, 5) is 20.9. The number of aromatic nitrogens is 1. The lowest BCUT2D eigenvalue weighted by atomic mass is 10.1. The maximum absolute atomic E-state index is 12.8. The molecule has 0 bridgehead atoms. The van der Waals surface area contributed by atoms with Gasteiger partial charge in [-0.25, -0.2) is 4.79 Å². The normalized spacial score (nSPS) is 29.8. The zero-order valence-electron chi connectivity index (χ0n) is 14.0. The van der Waals surface area contributed by atoms with Crippen LogP contribution in [0.4, 0.5) is 4.79 Å². The predicted octanol–water partition coefficient (Wildman–Crippen LogP) is 2.05. The molecule has 0 N–H and O–H groups in total. The Labute approximate surface area is 142 Å². The molecule has 2 aliphatic heterocycles. The Kier molecular flexibility index (Phi) is 4.67. The Morgan fingerprint density at radius 3 is 2.96 bits per heavy atom. The van der Waals surface area contributed by atoms with Crippen LogP contribution in [0, 0.1) is 0 Å². The van der Waals surface area contributed by atoms with Gasteiger partial charge < -0.3 is 19.3 Å². The molecule has 4 rings (SSSR count). The monoisotopic (exact) mass is 331 g/mol. The molecule has 1 aromatic rings. The van der Waals surface area contributed by atoms with Crippen molar-refractivity contribution in [2.24, 2.45) is 0 Å². The summed E-state index contributed by atoms with van der Waals surface area (Å²) >= 11 is 0. The third-order valence-corrected chi connectivity index (χ3v) is 5.34. The molecule has 1 aliphatic carbocycles. The van der Waals surface area contributed by atoms with E-state index in [1.54, 1.807) is 6.20 Å². The van der Waals surface area contributed by atoms with E-state index in [4.69, 9.17) is 9.47 Å². The maximum atomic E-state index is 12.8. The molecule has 24 heavy (non-hydrogen) atoms. The van der Waals surface area contributed by atoms with E-state index in [1.807, 2.05) is 28.1 Å². The van der Waals surface area contributed by atoms with Crippen molar-refractivity contribution in [3.05, 3.63) is 30.1 Å². The van der Waals surface area contributed by atoms with Crippen LogP contribution in [0.25, 0.3) is 0 Å². The number of amides is 2. The van der Waals surface area contributed by atoms with Crippen LogP contribution in [0.3, 0.4) is 0 Å². The van der Waals surface area contributed by atoms with Gasteiger partial charge in [0.25, 0.3) is 0 Å². The van der Waals surface area contributed by atoms with E-state index >= 15 is 0 Å². The van der Waals surface area contributed by atoms with Crippen molar-refractivity contribution in [2.75, 3.05) is 26.2 Å². The minimum Gasteiger partial charge on any atom is -0.372 e. The SMILES string of the molecule is O=C(N1CCCC1)N1CCO[C@H]2[C@@H](OCc3cccnc3)CC[C@@H]21. The van der Waals surface area contributed by atoms with Crippen molar-refractivity contribution >= 4 is 6.03 Å². The van der Waals surface area contributed by atoms with Gasteiger partial charge in [-0.3, -0.25) is 4.98 Å². The van der Waals surface area contributed by atoms with Crippen molar-refractivity contribution in [1.82, 2.24) is 14.8 Å². The van der Waals surface area contributed by atoms with E-state index < -0.39 is 0 Å². The average molecular weight is 331 g/mol.